The first-order valence-corrected chi connectivity index (χ1v) is 10.6. The fourth-order valence-electron chi connectivity index (χ4n) is 3.33. The molecule has 164 valence electrons. The second kappa shape index (κ2) is 10.5. The number of hydroxylamine groups is 1. The van der Waals surface area contributed by atoms with E-state index in [-0.39, 0.29) is 11.2 Å². The highest BCUT2D eigenvalue weighted by Gasteiger charge is 2.22. The van der Waals surface area contributed by atoms with Crippen molar-refractivity contribution >= 4 is 28.8 Å². The molecule has 0 saturated carbocycles. The Labute approximate surface area is 178 Å². The predicted molar refractivity (Wildman–Crippen MR) is 119 cm³/mol. The molecule has 0 aliphatic carbocycles. The number of amides is 1. The molecule has 0 bridgehead atoms. The van der Waals surface area contributed by atoms with Crippen molar-refractivity contribution in [2.75, 3.05) is 19.6 Å². The number of ketones is 1. The van der Waals surface area contributed by atoms with Crippen LogP contribution in [0.25, 0.3) is 17.1 Å². The van der Waals surface area contributed by atoms with Crippen molar-refractivity contribution in [3.8, 4) is 0 Å². The highest BCUT2D eigenvalue weighted by atomic mass is 16.5. The lowest BCUT2D eigenvalue weighted by atomic mass is 9.88. The molecule has 0 saturated heterocycles. The SMILES string of the molecule is CCN(CC)CCn1c(CCC(=O)C(C)(C)C)nc2cc(/C=C/C(=O)NO)ccc21. The summed E-state index contributed by atoms with van der Waals surface area (Å²) in [6, 6.07) is 5.83. The third-order valence-corrected chi connectivity index (χ3v) is 5.34. The van der Waals surface area contributed by atoms with Gasteiger partial charge in [0.2, 0.25) is 0 Å². The van der Waals surface area contributed by atoms with Gasteiger partial charge >= 0.3 is 0 Å². The average Bonchev–Trinajstić information content (AvgIpc) is 3.06. The standard InChI is InChI=1S/C23H34N4O3/c1-6-26(7-2)14-15-27-19-10-8-17(9-13-22(29)25-30)16-18(19)24-21(27)12-11-20(28)23(3,4)5/h8-10,13,16,30H,6-7,11-12,14-15H2,1-5H3,(H,25,29)/b13-9+. The van der Waals surface area contributed by atoms with Crippen molar-refractivity contribution < 1.29 is 14.8 Å². The smallest absolute Gasteiger partial charge is 0.267 e. The Kier molecular flexibility index (Phi) is 8.32. The van der Waals surface area contributed by atoms with Gasteiger partial charge in [0.25, 0.3) is 5.91 Å². The Hall–Kier alpha value is -2.51. The van der Waals surface area contributed by atoms with E-state index in [1.807, 2.05) is 39.0 Å². The number of likely N-dealkylation sites (N-methyl/N-ethyl adjacent to an activating group) is 1. The minimum Gasteiger partial charge on any atom is -0.327 e. The Bertz CT molecular complexity index is 905. The zero-order valence-corrected chi connectivity index (χ0v) is 18.7. The number of Topliss-reactive ketones (excluding diaryl/α,β-unsaturated/α-hetero) is 1. The first-order chi connectivity index (χ1) is 14.2. The molecule has 2 rings (SSSR count). The Balaban J connectivity index is 2.35. The molecule has 0 spiro atoms. The van der Waals surface area contributed by atoms with E-state index in [4.69, 9.17) is 10.2 Å². The number of aromatic nitrogens is 2. The number of nitrogens with zero attached hydrogens (tertiary/aromatic N) is 3. The topological polar surface area (TPSA) is 87.5 Å². The molecule has 1 amide bonds. The molecule has 1 heterocycles. The van der Waals surface area contributed by atoms with Crippen molar-refractivity contribution in [3.63, 3.8) is 0 Å². The van der Waals surface area contributed by atoms with Gasteiger partial charge in [0.05, 0.1) is 11.0 Å². The summed E-state index contributed by atoms with van der Waals surface area (Å²) in [7, 11) is 0. The van der Waals surface area contributed by atoms with Crippen molar-refractivity contribution in [3.05, 3.63) is 35.7 Å². The number of rotatable bonds is 10. The number of aryl methyl sites for hydroxylation is 1. The van der Waals surface area contributed by atoms with Crippen LogP contribution in [0, 0.1) is 5.41 Å². The molecule has 2 aromatic rings. The zero-order chi connectivity index (χ0) is 22.3. The summed E-state index contributed by atoms with van der Waals surface area (Å²) in [5.41, 5.74) is 3.89. The van der Waals surface area contributed by atoms with Crippen LogP contribution in [-0.2, 0) is 22.6 Å². The van der Waals surface area contributed by atoms with E-state index in [0.717, 1.165) is 48.6 Å². The number of carbonyl (C=O) groups is 2. The van der Waals surface area contributed by atoms with Gasteiger partial charge < -0.3 is 9.47 Å². The number of benzene rings is 1. The first-order valence-electron chi connectivity index (χ1n) is 10.6. The van der Waals surface area contributed by atoms with Gasteiger partial charge in [-0.05, 0) is 36.9 Å². The van der Waals surface area contributed by atoms with Crippen molar-refractivity contribution in [2.45, 2.75) is 54.0 Å². The monoisotopic (exact) mass is 414 g/mol. The maximum atomic E-state index is 12.4. The van der Waals surface area contributed by atoms with E-state index < -0.39 is 5.91 Å². The summed E-state index contributed by atoms with van der Waals surface area (Å²) in [6.45, 7) is 13.8. The van der Waals surface area contributed by atoms with Crippen LogP contribution in [0.1, 0.15) is 52.4 Å². The lowest BCUT2D eigenvalue weighted by Gasteiger charge is -2.20. The van der Waals surface area contributed by atoms with Gasteiger partial charge in [-0.3, -0.25) is 14.8 Å². The third kappa shape index (κ3) is 6.24. The molecule has 1 aromatic heterocycles. The van der Waals surface area contributed by atoms with E-state index in [0.29, 0.717) is 12.8 Å². The summed E-state index contributed by atoms with van der Waals surface area (Å²) in [5.74, 6) is 0.550. The average molecular weight is 415 g/mol. The van der Waals surface area contributed by atoms with Crippen LogP contribution >= 0.6 is 0 Å². The van der Waals surface area contributed by atoms with Crippen LogP contribution in [0.5, 0.6) is 0 Å². The molecule has 0 unspecified atom stereocenters. The number of fused-ring (bicyclic) bond motifs is 1. The number of hydrogen-bond acceptors (Lipinski definition) is 5. The summed E-state index contributed by atoms with van der Waals surface area (Å²) in [5, 5.41) is 8.63. The van der Waals surface area contributed by atoms with Gasteiger partial charge in [-0.15, -0.1) is 0 Å². The van der Waals surface area contributed by atoms with Crippen LogP contribution in [0.15, 0.2) is 24.3 Å². The Morgan fingerprint density at radius 3 is 2.53 bits per heavy atom. The van der Waals surface area contributed by atoms with Crippen LogP contribution in [0.4, 0.5) is 0 Å². The fourth-order valence-corrected chi connectivity index (χ4v) is 3.33. The number of hydrogen-bond donors (Lipinski definition) is 2. The van der Waals surface area contributed by atoms with Crippen molar-refractivity contribution in [1.29, 1.82) is 0 Å². The maximum Gasteiger partial charge on any atom is 0.267 e. The van der Waals surface area contributed by atoms with Crippen LogP contribution in [-0.4, -0.2) is 51.0 Å². The number of carbonyl (C=O) groups excluding carboxylic acids is 2. The molecule has 7 nitrogen and oxygen atoms in total. The normalized spacial score (nSPS) is 12.2. The Morgan fingerprint density at radius 1 is 1.23 bits per heavy atom. The van der Waals surface area contributed by atoms with Crippen LogP contribution in [0.2, 0.25) is 0 Å². The third-order valence-electron chi connectivity index (χ3n) is 5.34. The van der Waals surface area contributed by atoms with Gasteiger partial charge in [-0.25, -0.2) is 10.5 Å². The predicted octanol–water partition coefficient (Wildman–Crippen LogP) is 3.44. The van der Waals surface area contributed by atoms with E-state index in [9.17, 15) is 9.59 Å². The van der Waals surface area contributed by atoms with Crippen molar-refractivity contribution in [2.24, 2.45) is 5.41 Å². The minimum atomic E-state index is -0.582. The quantitative estimate of drug-likeness (QED) is 0.353. The summed E-state index contributed by atoms with van der Waals surface area (Å²) in [4.78, 5) is 30.9. The summed E-state index contributed by atoms with van der Waals surface area (Å²) < 4.78 is 2.21. The van der Waals surface area contributed by atoms with Gasteiger partial charge in [0, 0.05) is 37.4 Å². The molecule has 0 atom stereocenters. The largest absolute Gasteiger partial charge is 0.327 e. The molecule has 1 aromatic carbocycles. The molecule has 0 aliphatic rings. The second-order valence-corrected chi connectivity index (χ2v) is 8.44. The molecule has 0 aliphatic heterocycles. The molecule has 30 heavy (non-hydrogen) atoms. The highest BCUT2D eigenvalue weighted by molar-refractivity contribution is 5.91. The highest BCUT2D eigenvalue weighted by Crippen LogP contribution is 2.22. The molecular formula is C23H34N4O3. The number of imidazole rings is 1. The van der Waals surface area contributed by atoms with E-state index in [2.05, 4.69) is 23.3 Å². The van der Waals surface area contributed by atoms with E-state index in [1.165, 1.54) is 6.08 Å². The molecule has 0 fully saturated rings. The van der Waals surface area contributed by atoms with E-state index in [1.54, 1.807) is 11.6 Å². The van der Waals surface area contributed by atoms with Gasteiger partial charge in [-0.1, -0.05) is 40.7 Å². The number of nitrogens with one attached hydrogen (secondary N) is 1. The summed E-state index contributed by atoms with van der Waals surface area (Å²) >= 11 is 0. The summed E-state index contributed by atoms with van der Waals surface area (Å²) in [6.07, 6.45) is 3.95. The van der Waals surface area contributed by atoms with Crippen LogP contribution < -0.4 is 5.48 Å². The van der Waals surface area contributed by atoms with Crippen molar-refractivity contribution in [1.82, 2.24) is 19.9 Å². The molecular weight excluding hydrogens is 380 g/mol. The second-order valence-electron chi connectivity index (χ2n) is 8.44. The van der Waals surface area contributed by atoms with Gasteiger partial charge in [-0.2, -0.15) is 0 Å². The maximum absolute atomic E-state index is 12.4. The van der Waals surface area contributed by atoms with Crippen LogP contribution in [0.3, 0.4) is 0 Å². The molecule has 0 radical (unpaired) electrons. The lowest BCUT2D eigenvalue weighted by Crippen LogP contribution is -2.27. The van der Waals surface area contributed by atoms with Gasteiger partial charge in [0.1, 0.15) is 11.6 Å². The van der Waals surface area contributed by atoms with Gasteiger partial charge in [0.15, 0.2) is 0 Å². The fraction of sp³-hybridized carbons (Fsp3) is 0.522. The molecule has 2 N–H and O–H groups in total. The minimum absolute atomic E-state index is 0.225. The molecule has 7 heteroatoms. The zero-order valence-electron chi connectivity index (χ0n) is 18.7. The first kappa shape index (κ1) is 23.8. The lowest BCUT2D eigenvalue weighted by molar-refractivity contribution is -0.126. The Morgan fingerprint density at radius 2 is 1.93 bits per heavy atom. The van der Waals surface area contributed by atoms with E-state index >= 15 is 0 Å².